The van der Waals surface area contributed by atoms with Gasteiger partial charge in [-0.25, -0.2) is 4.39 Å². The summed E-state index contributed by atoms with van der Waals surface area (Å²) in [5.74, 6) is -4.77. The van der Waals surface area contributed by atoms with Gasteiger partial charge in [0.25, 0.3) is 0 Å². The van der Waals surface area contributed by atoms with Crippen molar-refractivity contribution in [3.63, 3.8) is 0 Å². The van der Waals surface area contributed by atoms with E-state index in [1.807, 2.05) is 0 Å². The van der Waals surface area contributed by atoms with E-state index in [1.54, 1.807) is 0 Å². The molecule has 1 aliphatic carbocycles. The summed E-state index contributed by atoms with van der Waals surface area (Å²) in [4.78, 5) is 64.6. The van der Waals surface area contributed by atoms with Crippen LogP contribution in [0.1, 0.15) is 32.1 Å². The third kappa shape index (κ3) is 5.19. The van der Waals surface area contributed by atoms with E-state index in [0.29, 0.717) is 19.4 Å². The number of amides is 4. The fraction of sp³-hybridized carbons (Fsp3) is 0.542. The maximum absolute atomic E-state index is 13.9. The van der Waals surface area contributed by atoms with Gasteiger partial charge in [0.15, 0.2) is 5.78 Å². The Morgan fingerprint density at radius 1 is 1.17 bits per heavy atom. The third-order valence-corrected chi connectivity index (χ3v) is 7.28. The highest BCUT2D eigenvalue weighted by molar-refractivity contribution is 6.40. The lowest BCUT2D eigenvalue weighted by atomic mass is 9.92. The first kappa shape index (κ1) is 24.8. The van der Waals surface area contributed by atoms with Crippen LogP contribution < -0.4 is 16.0 Å². The molecule has 5 atom stereocenters. The number of halogens is 1. The van der Waals surface area contributed by atoms with Gasteiger partial charge >= 0.3 is 11.8 Å². The van der Waals surface area contributed by atoms with Gasteiger partial charge in [0.05, 0.1) is 11.7 Å². The second-order valence-electron chi connectivity index (χ2n) is 9.39. The third-order valence-electron chi connectivity index (χ3n) is 7.28. The van der Waals surface area contributed by atoms with Gasteiger partial charge < -0.3 is 26.0 Å². The van der Waals surface area contributed by atoms with Gasteiger partial charge in [0.1, 0.15) is 18.5 Å². The highest BCUT2D eigenvalue weighted by Crippen LogP contribution is 2.42. The first-order valence-electron chi connectivity index (χ1n) is 11.9. The van der Waals surface area contributed by atoms with Crippen LogP contribution in [0.15, 0.2) is 24.3 Å². The number of rotatable bonds is 7. The van der Waals surface area contributed by atoms with Gasteiger partial charge in [0, 0.05) is 19.0 Å². The van der Waals surface area contributed by atoms with E-state index in [2.05, 4.69) is 16.0 Å². The molecule has 0 aromatic heterocycles. The predicted molar refractivity (Wildman–Crippen MR) is 121 cm³/mol. The number of Topliss-reactive ketones (excluding diaryl/α,β-unsaturated/α-hetero) is 1. The summed E-state index contributed by atoms with van der Waals surface area (Å²) in [5, 5.41) is 17.0. The normalized spacial score (nSPS) is 26.1. The van der Waals surface area contributed by atoms with Crippen molar-refractivity contribution in [2.75, 3.05) is 25.0 Å². The van der Waals surface area contributed by atoms with E-state index in [4.69, 9.17) is 0 Å². The Bertz CT molecular complexity index is 1030. The Labute approximate surface area is 201 Å². The molecular formula is C24H29FN4O6. The minimum Gasteiger partial charge on any atom is -0.389 e. The second-order valence-corrected chi connectivity index (χ2v) is 9.39. The van der Waals surface area contributed by atoms with Gasteiger partial charge in [-0.2, -0.15) is 0 Å². The lowest BCUT2D eigenvalue weighted by Gasteiger charge is -2.29. The molecule has 2 heterocycles. The zero-order valence-corrected chi connectivity index (χ0v) is 19.2. The SMILES string of the molecule is O=C(Nc1ccccc1F)C(=O)N1CC2CCCC2[C@H]1C(=O)N[C@@H](C[C@@H]1CCNC1=O)C(=O)CO. The van der Waals surface area contributed by atoms with Crippen LogP contribution in [0.2, 0.25) is 0 Å². The lowest BCUT2D eigenvalue weighted by molar-refractivity contribution is -0.147. The molecule has 1 aromatic rings. The van der Waals surface area contributed by atoms with E-state index >= 15 is 0 Å². The van der Waals surface area contributed by atoms with Crippen LogP contribution in [-0.4, -0.2) is 71.2 Å². The number of fused-ring (bicyclic) bond motifs is 1. The average Bonchev–Trinajstić information content (AvgIpc) is 3.55. The molecule has 0 radical (unpaired) electrons. The molecule has 10 nitrogen and oxygen atoms in total. The molecule has 4 amide bonds. The highest BCUT2D eigenvalue weighted by Gasteiger charge is 2.51. The fourth-order valence-electron chi connectivity index (χ4n) is 5.51. The summed E-state index contributed by atoms with van der Waals surface area (Å²) >= 11 is 0. The smallest absolute Gasteiger partial charge is 0.314 e. The first-order valence-corrected chi connectivity index (χ1v) is 11.9. The maximum Gasteiger partial charge on any atom is 0.314 e. The number of benzene rings is 1. The number of anilines is 1. The van der Waals surface area contributed by atoms with Crippen LogP contribution >= 0.6 is 0 Å². The quantitative estimate of drug-likeness (QED) is 0.397. The number of nitrogens with zero attached hydrogens (tertiary/aromatic N) is 1. The molecule has 2 aliphatic heterocycles. The van der Waals surface area contributed by atoms with Gasteiger partial charge in [-0.05, 0) is 49.7 Å². The maximum atomic E-state index is 13.9. The number of hydrogen-bond donors (Lipinski definition) is 4. The monoisotopic (exact) mass is 488 g/mol. The predicted octanol–water partition coefficient (Wildman–Crippen LogP) is -0.0363. The number of nitrogens with one attached hydrogen (secondary N) is 3. The van der Waals surface area contributed by atoms with Crippen molar-refractivity contribution in [2.45, 2.75) is 44.2 Å². The highest BCUT2D eigenvalue weighted by atomic mass is 19.1. The number of likely N-dealkylation sites (tertiary alicyclic amines) is 1. The molecule has 0 spiro atoms. The molecule has 2 unspecified atom stereocenters. The van der Waals surface area contributed by atoms with Crippen molar-refractivity contribution >= 4 is 35.1 Å². The molecule has 4 N–H and O–H groups in total. The van der Waals surface area contributed by atoms with Crippen LogP contribution in [-0.2, 0) is 24.0 Å². The van der Waals surface area contributed by atoms with Crippen molar-refractivity contribution in [3.05, 3.63) is 30.1 Å². The Balaban J connectivity index is 1.50. The molecule has 3 fully saturated rings. The number of ketones is 1. The van der Waals surface area contributed by atoms with E-state index in [1.165, 1.54) is 23.1 Å². The molecule has 3 aliphatic rings. The Hall–Kier alpha value is -3.34. The summed E-state index contributed by atoms with van der Waals surface area (Å²) in [6.07, 6.45) is 2.92. The molecular weight excluding hydrogens is 459 g/mol. The number of para-hydroxylation sites is 1. The van der Waals surface area contributed by atoms with Gasteiger partial charge in [-0.1, -0.05) is 18.6 Å². The largest absolute Gasteiger partial charge is 0.389 e. The number of carbonyl (C=O) groups excluding carboxylic acids is 5. The molecule has 35 heavy (non-hydrogen) atoms. The summed E-state index contributed by atoms with van der Waals surface area (Å²) in [5.41, 5.74) is -0.144. The van der Waals surface area contributed by atoms with Crippen LogP contribution in [0.5, 0.6) is 0 Å². The van der Waals surface area contributed by atoms with E-state index < -0.39 is 53.9 Å². The molecule has 2 saturated heterocycles. The number of aliphatic hydroxyl groups is 1. The standard InChI is InChI=1S/C24H29FN4O6/c25-16-6-1-2-7-17(16)27-23(34)24(35)29-11-14-4-3-5-15(14)20(29)22(33)28-18(19(31)12-30)10-13-8-9-26-21(13)32/h1-2,6-7,13-15,18,20,30H,3-5,8-12H2,(H,26,32)(H,27,34)(H,28,33)/t13-,14?,15?,18-,20-/m0/s1. The van der Waals surface area contributed by atoms with Crippen molar-refractivity contribution in [2.24, 2.45) is 17.8 Å². The van der Waals surface area contributed by atoms with E-state index in [-0.39, 0.29) is 36.4 Å². The minimum atomic E-state index is -1.09. The van der Waals surface area contributed by atoms with Gasteiger partial charge in [-0.3, -0.25) is 24.0 Å². The van der Waals surface area contributed by atoms with Gasteiger partial charge in [0.2, 0.25) is 11.8 Å². The molecule has 4 rings (SSSR count). The molecule has 1 saturated carbocycles. The van der Waals surface area contributed by atoms with Gasteiger partial charge in [-0.15, -0.1) is 0 Å². The zero-order valence-electron chi connectivity index (χ0n) is 19.2. The second kappa shape index (κ2) is 10.5. The summed E-state index contributed by atoms with van der Waals surface area (Å²) in [6.45, 7) is -0.122. The summed E-state index contributed by atoms with van der Waals surface area (Å²) < 4.78 is 13.9. The Kier molecular flexibility index (Phi) is 7.44. The number of hydrogen-bond acceptors (Lipinski definition) is 6. The van der Waals surface area contributed by atoms with Crippen LogP contribution in [0.25, 0.3) is 0 Å². The van der Waals surface area contributed by atoms with Crippen molar-refractivity contribution in [3.8, 4) is 0 Å². The van der Waals surface area contributed by atoms with Crippen LogP contribution in [0.3, 0.4) is 0 Å². The molecule has 0 bridgehead atoms. The molecule has 11 heteroatoms. The van der Waals surface area contributed by atoms with Crippen molar-refractivity contribution < 1.29 is 33.5 Å². The molecule has 188 valence electrons. The summed E-state index contributed by atoms with van der Waals surface area (Å²) in [6, 6.07) is 3.38. The lowest BCUT2D eigenvalue weighted by Crippen LogP contribution is -2.55. The van der Waals surface area contributed by atoms with E-state index in [0.717, 1.165) is 18.9 Å². The summed E-state index contributed by atoms with van der Waals surface area (Å²) in [7, 11) is 0. The van der Waals surface area contributed by atoms with Crippen LogP contribution in [0, 0.1) is 23.6 Å². The Morgan fingerprint density at radius 2 is 1.94 bits per heavy atom. The van der Waals surface area contributed by atoms with Crippen molar-refractivity contribution in [1.82, 2.24) is 15.5 Å². The topological polar surface area (TPSA) is 145 Å². The van der Waals surface area contributed by atoms with Crippen molar-refractivity contribution in [1.29, 1.82) is 0 Å². The van der Waals surface area contributed by atoms with Crippen LogP contribution in [0.4, 0.5) is 10.1 Å². The van der Waals surface area contributed by atoms with E-state index in [9.17, 15) is 33.5 Å². The Morgan fingerprint density at radius 3 is 2.63 bits per heavy atom. The number of aliphatic hydroxyl groups excluding tert-OH is 1. The number of carbonyl (C=O) groups is 5. The average molecular weight is 489 g/mol. The zero-order chi connectivity index (χ0) is 25.1. The molecule has 1 aromatic carbocycles. The first-order chi connectivity index (χ1) is 16.8. The fourth-order valence-corrected chi connectivity index (χ4v) is 5.51. The minimum absolute atomic E-state index is 0.0311.